The van der Waals surface area contributed by atoms with Gasteiger partial charge in [-0.25, -0.2) is 0 Å². The minimum absolute atomic E-state index is 0.132. The lowest BCUT2D eigenvalue weighted by Crippen LogP contribution is -2.12. The van der Waals surface area contributed by atoms with Crippen LogP contribution in [-0.2, 0) is 11.2 Å². The topological polar surface area (TPSA) is 110 Å². The summed E-state index contributed by atoms with van der Waals surface area (Å²) in [5, 5.41) is 14.6. The number of hydrogen-bond acceptors (Lipinski definition) is 6. The molecule has 3 rings (SSSR count). The molecule has 130 valence electrons. The van der Waals surface area contributed by atoms with Crippen LogP contribution >= 0.6 is 0 Å². The Hall–Kier alpha value is -3.03. The van der Waals surface area contributed by atoms with Crippen molar-refractivity contribution in [3.8, 4) is 11.5 Å². The van der Waals surface area contributed by atoms with Gasteiger partial charge in [-0.1, -0.05) is 25.1 Å². The Morgan fingerprint density at radius 1 is 1.32 bits per heavy atom. The molecule has 0 aliphatic carbocycles. The van der Waals surface area contributed by atoms with Crippen LogP contribution in [0, 0.1) is 0 Å². The number of carbonyl (C=O) groups excluding carboxylic acids is 1. The Morgan fingerprint density at radius 3 is 2.92 bits per heavy atom. The smallest absolute Gasteiger partial charge is 0.228 e. The quantitative estimate of drug-likeness (QED) is 0.684. The van der Waals surface area contributed by atoms with Gasteiger partial charge in [0.2, 0.25) is 11.9 Å². The number of amides is 1. The molecule has 8 nitrogen and oxygen atoms in total. The Kier molecular flexibility index (Phi) is 5.17. The van der Waals surface area contributed by atoms with E-state index < -0.39 is 0 Å². The lowest BCUT2D eigenvalue weighted by molar-refractivity contribution is -0.116. The van der Waals surface area contributed by atoms with Crippen LogP contribution in [0.3, 0.4) is 0 Å². The molecule has 3 heterocycles. The van der Waals surface area contributed by atoms with Crippen LogP contribution in [0.15, 0.2) is 35.0 Å². The third-order valence-electron chi connectivity index (χ3n) is 3.65. The molecule has 1 amide bonds. The number of anilines is 1. The molecule has 0 unspecified atom stereocenters. The van der Waals surface area contributed by atoms with E-state index in [0.717, 1.165) is 11.5 Å². The minimum Gasteiger partial charge on any atom is -0.361 e. The Balaban J connectivity index is 1.47. The van der Waals surface area contributed by atoms with Crippen LogP contribution in [-0.4, -0.2) is 31.2 Å². The number of H-pyrrole nitrogens is 1. The first kappa shape index (κ1) is 16.8. The summed E-state index contributed by atoms with van der Waals surface area (Å²) >= 11 is 0. The number of aryl methyl sites for hydroxylation is 1. The Morgan fingerprint density at radius 2 is 2.20 bits per heavy atom. The largest absolute Gasteiger partial charge is 0.361 e. The van der Waals surface area contributed by atoms with Crippen LogP contribution in [0.1, 0.15) is 44.1 Å². The molecule has 0 bridgehead atoms. The van der Waals surface area contributed by atoms with Crippen molar-refractivity contribution in [2.75, 3.05) is 5.32 Å². The Labute approximate surface area is 145 Å². The third-order valence-corrected chi connectivity index (χ3v) is 3.65. The minimum atomic E-state index is -0.132. The fourth-order valence-electron chi connectivity index (χ4n) is 2.27. The van der Waals surface area contributed by atoms with Gasteiger partial charge in [-0.05, 0) is 24.5 Å². The number of nitrogens with one attached hydrogen (secondary N) is 2. The first-order valence-corrected chi connectivity index (χ1v) is 8.21. The standard InChI is InChI=1S/C17H20N6O2/c1-11(2)14-10-12(25-23-14)6-5-8-15(24)19-17-20-16(21-22-17)13-7-3-4-9-18-13/h3-4,7,9-11H,5-6,8H2,1-2H3,(H2,19,20,21,22,24). The molecule has 0 fully saturated rings. The summed E-state index contributed by atoms with van der Waals surface area (Å²) in [5.41, 5.74) is 1.60. The highest BCUT2D eigenvalue weighted by molar-refractivity contribution is 5.89. The van der Waals surface area contributed by atoms with E-state index in [9.17, 15) is 4.79 Å². The number of rotatable bonds is 7. The Bertz CT molecular complexity index is 825. The molecule has 0 atom stereocenters. The number of hydrogen-bond donors (Lipinski definition) is 2. The molecule has 3 aromatic heterocycles. The van der Waals surface area contributed by atoms with Crippen LogP contribution in [0.4, 0.5) is 5.95 Å². The fourth-order valence-corrected chi connectivity index (χ4v) is 2.27. The predicted molar refractivity (Wildman–Crippen MR) is 91.8 cm³/mol. The van der Waals surface area contributed by atoms with Crippen molar-refractivity contribution < 1.29 is 9.32 Å². The van der Waals surface area contributed by atoms with Crippen molar-refractivity contribution in [2.24, 2.45) is 0 Å². The van der Waals surface area contributed by atoms with Crippen molar-refractivity contribution in [3.05, 3.63) is 41.9 Å². The number of aromatic amines is 1. The molecule has 0 spiro atoms. The zero-order valence-electron chi connectivity index (χ0n) is 14.2. The molecule has 25 heavy (non-hydrogen) atoms. The van der Waals surface area contributed by atoms with Crippen LogP contribution in [0.5, 0.6) is 0 Å². The van der Waals surface area contributed by atoms with Crippen molar-refractivity contribution >= 4 is 11.9 Å². The van der Waals surface area contributed by atoms with E-state index in [4.69, 9.17) is 4.52 Å². The summed E-state index contributed by atoms with van der Waals surface area (Å²) in [4.78, 5) is 19.1. The van der Waals surface area contributed by atoms with E-state index in [0.29, 0.717) is 42.6 Å². The number of carbonyl (C=O) groups is 1. The highest BCUT2D eigenvalue weighted by Gasteiger charge is 2.11. The molecule has 0 radical (unpaired) electrons. The number of pyridine rings is 1. The average molecular weight is 340 g/mol. The third kappa shape index (κ3) is 4.50. The van der Waals surface area contributed by atoms with Gasteiger partial charge in [0.1, 0.15) is 11.5 Å². The fraction of sp³-hybridized carbons (Fsp3) is 0.353. The molecule has 0 aromatic carbocycles. The van der Waals surface area contributed by atoms with Gasteiger partial charge in [-0.2, -0.15) is 0 Å². The molecule has 0 saturated heterocycles. The molecular formula is C17H20N6O2. The SMILES string of the molecule is CC(C)c1cc(CCCC(=O)Nc2nnc(-c3ccccn3)[nH]2)on1. The van der Waals surface area contributed by atoms with Gasteiger partial charge in [-0.15, -0.1) is 10.2 Å². The molecule has 0 saturated carbocycles. The second kappa shape index (κ2) is 7.69. The molecular weight excluding hydrogens is 320 g/mol. The monoisotopic (exact) mass is 340 g/mol. The maximum atomic E-state index is 12.0. The van der Waals surface area contributed by atoms with Gasteiger partial charge >= 0.3 is 0 Å². The summed E-state index contributed by atoms with van der Waals surface area (Å²) < 4.78 is 5.26. The van der Waals surface area contributed by atoms with Gasteiger partial charge in [0.05, 0.1) is 5.69 Å². The summed E-state index contributed by atoms with van der Waals surface area (Å²) in [6.45, 7) is 4.12. The first-order chi connectivity index (χ1) is 12.1. The van der Waals surface area contributed by atoms with E-state index in [1.807, 2.05) is 24.3 Å². The van der Waals surface area contributed by atoms with Crippen LogP contribution < -0.4 is 5.32 Å². The second-order valence-electron chi connectivity index (χ2n) is 6.01. The highest BCUT2D eigenvalue weighted by atomic mass is 16.5. The second-order valence-corrected chi connectivity index (χ2v) is 6.01. The summed E-state index contributed by atoms with van der Waals surface area (Å²) in [5.74, 6) is 1.83. The molecule has 8 heteroatoms. The summed E-state index contributed by atoms with van der Waals surface area (Å²) in [6, 6.07) is 7.44. The van der Waals surface area contributed by atoms with Crippen LogP contribution in [0.25, 0.3) is 11.5 Å². The lowest BCUT2D eigenvalue weighted by Gasteiger charge is -2.00. The van der Waals surface area contributed by atoms with Gasteiger partial charge in [0.15, 0.2) is 5.82 Å². The lowest BCUT2D eigenvalue weighted by atomic mass is 10.1. The zero-order valence-corrected chi connectivity index (χ0v) is 14.2. The predicted octanol–water partition coefficient (Wildman–Crippen LogP) is 2.94. The molecule has 0 aliphatic heterocycles. The van der Waals surface area contributed by atoms with E-state index in [1.54, 1.807) is 6.20 Å². The molecule has 3 aromatic rings. The van der Waals surface area contributed by atoms with E-state index in [-0.39, 0.29) is 5.91 Å². The van der Waals surface area contributed by atoms with Crippen molar-refractivity contribution in [2.45, 2.75) is 39.0 Å². The normalized spacial score (nSPS) is 11.0. The summed E-state index contributed by atoms with van der Waals surface area (Å²) in [6.07, 6.45) is 3.37. The van der Waals surface area contributed by atoms with Gasteiger partial charge < -0.3 is 9.51 Å². The van der Waals surface area contributed by atoms with Crippen molar-refractivity contribution in [1.82, 2.24) is 25.3 Å². The van der Waals surface area contributed by atoms with Crippen molar-refractivity contribution in [3.63, 3.8) is 0 Å². The number of aromatic nitrogens is 5. The van der Waals surface area contributed by atoms with Crippen LogP contribution in [0.2, 0.25) is 0 Å². The van der Waals surface area contributed by atoms with Gasteiger partial charge in [-0.3, -0.25) is 15.1 Å². The van der Waals surface area contributed by atoms with Gasteiger partial charge in [0.25, 0.3) is 0 Å². The maximum absolute atomic E-state index is 12.0. The van der Waals surface area contributed by atoms with Crippen molar-refractivity contribution in [1.29, 1.82) is 0 Å². The van der Waals surface area contributed by atoms with E-state index >= 15 is 0 Å². The zero-order chi connectivity index (χ0) is 17.6. The summed E-state index contributed by atoms with van der Waals surface area (Å²) in [7, 11) is 0. The van der Waals surface area contributed by atoms with E-state index in [1.165, 1.54) is 0 Å². The first-order valence-electron chi connectivity index (χ1n) is 8.21. The van der Waals surface area contributed by atoms with E-state index in [2.05, 4.69) is 44.5 Å². The molecule has 0 aliphatic rings. The number of nitrogens with zero attached hydrogens (tertiary/aromatic N) is 4. The average Bonchev–Trinajstić information content (AvgIpc) is 3.25. The molecule has 2 N–H and O–H groups in total. The highest BCUT2D eigenvalue weighted by Crippen LogP contribution is 2.16. The maximum Gasteiger partial charge on any atom is 0.228 e. The van der Waals surface area contributed by atoms with Gasteiger partial charge in [0, 0.05) is 25.1 Å².